The molecule has 1 aromatic heterocycles. The minimum atomic E-state index is -0.951. The number of amides is 2. The molecule has 4 rings (SSSR count). The molecule has 0 spiro atoms. The van der Waals surface area contributed by atoms with Crippen molar-refractivity contribution in [1.82, 2.24) is 5.43 Å². The van der Waals surface area contributed by atoms with Crippen LogP contribution >= 0.6 is 11.3 Å². The second-order valence-corrected chi connectivity index (χ2v) is 9.20. The van der Waals surface area contributed by atoms with Gasteiger partial charge >= 0.3 is 17.8 Å². The lowest BCUT2D eigenvalue weighted by Gasteiger charge is -2.09. The predicted molar refractivity (Wildman–Crippen MR) is 139 cm³/mol. The summed E-state index contributed by atoms with van der Waals surface area (Å²) < 4.78 is 10.7. The van der Waals surface area contributed by atoms with Crippen molar-refractivity contribution >= 4 is 40.3 Å². The van der Waals surface area contributed by atoms with E-state index in [2.05, 4.69) is 21.9 Å². The molecule has 2 aromatic carbocycles. The summed E-state index contributed by atoms with van der Waals surface area (Å²) >= 11 is 1.35. The molecule has 0 atom stereocenters. The fourth-order valence-electron chi connectivity index (χ4n) is 3.79. The number of esters is 1. The van der Waals surface area contributed by atoms with Gasteiger partial charge in [0.15, 0.2) is 0 Å². The first-order chi connectivity index (χ1) is 18.0. The third-order valence-corrected chi connectivity index (χ3v) is 6.80. The predicted octanol–water partition coefficient (Wildman–Crippen LogP) is 4.21. The topological polar surface area (TPSA) is 130 Å². The van der Waals surface area contributed by atoms with Crippen molar-refractivity contribution < 1.29 is 23.9 Å². The molecule has 188 valence electrons. The van der Waals surface area contributed by atoms with E-state index in [4.69, 9.17) is 9.47 Å². The number of carbonyl (C=O) groups is 3. The van der Waals surface area contributed by atoms with Crippen molar-refractivity contribution in [1.29, 1.82) is 5.26 Å². The van der Waals surface area contributed by atoms with E-state index in [-0.39, 0.29) is 0 Å². The first-order valence-electron chi connectivity index (χ1n) is 11.7. The molecule has 9 nitrogen and oxygen atoms in total. The van der Waals surface area contributed by atoms with Gasteiger partial charge in [0, 0.05) is 4.88 Å². The van der Waals surface area contributed by atoms with Gasteiger partial charge in [-0.3, -0.25) is 9.59 Å². The van der Waals surface area contributed by atoms with Crippen LogP contribution in [0.2, 0.25) is 0 Å². The van der Waals surface area contributed by atoms with E-state index in [1.165, 1.54) is 17.6 Å². The van der Waals surface area contributed by atoms with Crippen LogP contribution in [0.25, 0.3) is 0 Å². The zero-order chi connectivity index (χ0) is 26.2. The Morgan fingerprint density at radius 1 is 1.03 bits per heavy atom. The zero-order valence-corrected chi connectivity index (χ0v) is 20.9. The van der Waals surface area contributed by atoms with Crippen LogP contribution in [0, 0.1) is 11.3 Å². The molecule has 1 heterocycles. The van der Waals surface area contributed by atoms with E-state index in [1.54, 1.807) is 48.5 Å². The number of hydrazone groups is 1. The number of hydrogen-bond acceptors (Lipinski definition) is 8. The second kappa shape index (κ2) is 12.0. The number of aryl methyl sites for hydroxylation is 1. The Bertz CT molecular complexity index is 1370. The highest BCUT2D eigenvalue weighted by atomic mass is 32.1. The number of fused-ring (bicyclic) bond motifs is 1. The fraction of sp³-hybridized carbons (Fsp3) is 0.222. The van der Waals surface area contributed by atoms with Crippen LogP contribution in [0.5, 0.6) is 11.5 Å². The maximum atomic E-state index is 12.3. The minimum absolute atomic E-state index is 0.339. The molecule has 0 unspecified atom stereocenters. The molecule has 0 saturated heterocycles. The van der Waals surface area contributed by atoms with E-state index in [1.807, 2.05) is 6.92 Å². The van der Waals surface area contributed by atoms with Gasteiger partial charge in [-0.05, 0) is 92.3 Å². The first kappa shape index (κ1) is 25.6. The number of nitrogens with one attached hydrogen (secondary N) is 2. The molecule has 2 amide bonds. The van der Waals surface area contributed by atoms with Gasteiger partial charge in [0.1, 0.15) is 22.6 Å². The summed E-state index contributed by atoms with van der Waals surface area (Å²) in [4.78, 5) is 37.9. The lowest BCUT2D eigenvalue weighted by atomic mass is 9.96. The van der Waals surface area contributed by atoms with Gasteiger partial charge in [0.25, 0.3) is 0 Å². The first-order valence-corrected chi connectivity index (χ1v) is 12.5. The van der Waals surface area contributed by atoms with Crippen LogP contribution in [0.4, 0.5) is 5.00 Å². The van der Waals surface area contributed by atoms with Gasteiger partial charge in [-0.15, -0.1) is 11.3 Å². The average molecular weight is 517 g/mol. The van der Waals surface area contributed by atoms with Gasteiger partial charge in [-0.25, -0.2) is 10.2 Å². The lowest BCUT2D eigenvalue weighted by Crippen LogP contribution is -2.32. The Balaban J connectivity index is 1.28. The molecule has 0 bridgehead atoms. The van der Waals surface area contributed by atoms with Crippen molar-refractivity contribution in [2.45, 2.75) is 32.6 Å². The molecular weight excluding hydrogens is 492 g/mol. The number of hydrogen-bond donors (Lipinski definition) is 2. The standard InChI is InChI=1S/C27H24N4O5S/c1-2-35-19-13-9-18(10-14-19)27(34)36-20-11-7-17(8-12-20)16-29-31-25(33)24(32)30-26-22(15-28)21-5-3-4-6-23(21)37-26/h7-14,16H,2-6H2,1H3,(H,30,32)(H,31,33)/b29-16+. The number of carbonyl (C=O) groups excluding carboxylic acids is 3. The van der Waals surface area contributed by atoms with Crippen LogP contribution in [0.1, 0.15) is 51.7 Å². The summed E-state index contributed by atoms with van der Waals surface area (Å²) in [7, 11) is 0. The monoisotopic (exact) mass is 516 g/mol. The molecule has 1 aliphatic rings. The number of anilines is 1. The summed E-state index contributed by atoms with van der Waals surface area (Å²) in [6.45, 7) is 2.42. The van der Waals surface area contributed by atoms with Gasteiger partial charge in [0.05, 0.1) is 23.9 Å². The molecular formula is C27H24N4O5S. The van der Waals surface area contributed by atoms with Gasteiger partial charge < -0.3 is 14.8 Å². The molecule has 0 aliphatic heterocycles. The maximum absolute atomic E-state index is 12.3. The van der Waals surface area contributed by atoms with Crippen LogP contribution in [-0.2, 0) is 22.4 Å². The van der Waals surface area contributed by atoms with Crippen molar-refractivity contribution in [3.8, 4) is 17.6 Å². The van der Waals surface area contributed by atoms with Crippen molar-refractivity contribution in [3.05, 3.63) is 75.7 Å². The number of rotatable bonds is 7. The maximum Gasteiger partial charge on any atom is 0.343 e. The van der Waals surface area contributed by atoms with E-state index >= 15 is 0 Å². The van der Waals surface area contributed by atoms with E-state index in [0.717, 1.165) is 36.1 Å². The minimum Gasteiger partial charge on any atom is -0.494 e. The molecule has 0 fully saturated rings. The average Bonchev–Trinajstić information content (AvgIpc) is 3.27. The fourth-order valence-corrected chi connectivity index (χ4v) is 5.02. The molecule has 0 radical (unpaired) electrons. The number of benzene rings is 2. The van der Waals surface area contributed by atoms with E-state index in [9.17, 15) is 19.6 Å². The Morgan fingerprint density at radius 2 is 1.73 bits per heavy atom. The van der Waals surface area contributed by atoms with E-state index in [0.29, 0.717) is 39.8 Å². The van der Waals surface area contributed by atoms with Gasteiger partial charge in [-0.2, -0.15) is 10.4 Å². The highest BCUT2D eigenvalue weighted by Crippen LogP contribution is 2.37. The lowest BCUT2D eigenvalue weighted by molar-refractivity contribution is -0.136. The highest BCUT2D eigenvalue weighted by Gasteiger charge is 2.23. The molecule has 37 heavy (non-hydrogen) atoms. The molecule has 1 aliphatic carbocycles. The van der Waals surface area contributed by atoms with Crippen molar-refractivity contribution in [2.24, 2.45) is 5.10 Å². The summed E-state index contributed by atoms with van der Waals surface area (Å²) in [6, 6.07) is 15.3. The quantitative estimate of drug-likeness (QED) is 0.159. The third kappa shape index (κ3) is 6.39. The van der Waals surface area contributed by atoms with Gasteiger partial charge in [0.2, 0.25) is 0 Å². The number of ether oxygens (including phenoxy) is 2. The van der Waals surface area contributed by atoms with Crippen LogP contribution in [-0.4, -0.2) is 30.6 Å². The van der Waals surface area contributed by atoms with E-state index < -0.39 is 17.8 Å². The molecule has 0 saturated carbocycles. The van der Waals surface area contributed by atoms with Gasteiger partial charge in [-0.1, -0.05) is 0 Å². The van der Waals surface area contributed by atoms with Crippen molar-refractivity contribution in [3.63, 3.8) is 0 Å². The Morgan fingerprint density at radius 3 is 2.43 bits per heavy atom. The molecule has 2 N–H and O–H groups in total. The Kier molecular flexibility index (Phi) is 8.28. The number of nitrogens with zero attached hydrogens (tertiary/aromatic N) is 2. The summed E-state index contributed by atoms with van der Waals surface area (Å²) in [5.41, 5.74) is 4.59. The third-order valence-electron chi connectivity index (χ3n) is 5.59. The SMILES string of the molecule is CCOc1ccc(C(=O)Oc2ccc(/C=N/NC(=O)C(=O)Nc3sc4c(c3C#N)CCCC4)cc2)cc1. The smallest absolute Gasteiger partial charge is 0.343 e. The Hall–Kier alpha value is -4.49. The second-order valence-electron chi connectivity index (χ2n) is 8.10. The highest BCUT2D eigenvalue weighted by molar-refractivity contribution is 7.16. The Labute approximate surface area is 217 Å². The zero-order valence-electron chi connectivity index (χ0n) is 20.1. The molecule has 3 aromatic rings. The summed E-state index contributed by atoms with van der Waals surface area (Å²) in [5.74, 6) is -1.35. The van der Waals surface area contributed by atoms with Crippen LogP contribution < -0.4 is 20.2 Å². The van der Waals surface area contributed by atoms with Crippen molar-refractivity contribution in [2.75, 3.05) is 11.9 Å². The summed E-state index contributed by atoms with van der Waals surface area (Å²) in [5, 5.41) is 16.2. The number of nitriles is 1. The molecule has 10 heteroatoms. The number of thiophene rings is 1. The van der Waals surface area contributed by atoms with Crippen LogP contribution in [0.3, 0.4) is 0 Å². The van der Waals surface area contributed by atoms with Crippen LogP contribution in [0.15, 0.2) is 53.6 Å². The summed E-state index contributed by atoms with van der Waals surface area (Å²) in [6.07, 6.45) is 5.09. The normalized spacial score (nSPS) is 12.3. The largest absolute Gasteiger partial charge is 0.494 e.